The third-order valence-corrected chi connectivity index (χ3v) is 6.71. The quantitative estimate of drug-likeness (QED) is 0.265. The van der Waals surface area contributed by atoms with Crippen molar-refractivity contribution < 1.29 is 19.1 Å². The summed E-state index contributed by atoms with van der Waals surface area (Å²) in [5, 5.41) is 0.378. The van der Waals surface area contributed by atoms with Gasteiger partial charge in [-0.15, -0.1) is 0 Å². The summed E-state index contributed by atoms with van der Waals surface area (Å²) in [7, 11) is 1.59. The molecule has 0 unspecified atom stereocenters. The summed E-state index contributed by atoms with van der Waals surface area (Å²) in [6.45, 7) is 1.16. The minimum atomic E-state index is -0.285. The molecule has 0 radical (unpaired) electrons. The third-order valence-electron chi connectivity index (χ3n) is 4.25. The van der Waals surface area contributed by atoms with E-state index in [9.17, 15) is 9.59 Å². The first-order valence-electron chi connectivity index (χ1n) is 9.00. The van der Waals surface area contributed by atoms with E-state index in [1.807, 2.05) is 36.4 Å². The van der Waals surface area contributed by atoms with Crippen molar-refractivity contribution in [3.05, 3.63) is 66.4 Å². The maximum absolute atomic E-state index is 12.6. The first kappa shape index (κ1) is 23.3. The lowest BCUT2D eigenvalue weighted by molar-refractivity contribution is -0.122. The monoisotopic (exact) mass is 573 g/mol. The van der Waals surface area contributed by atoms with Gasteiger partial charge < -0.3 is 9.47 Å². The van der Waals surface area contributed by atoms with E-state index in [1.54, 1.807) is 13.2 Å². The number of ether oxygens (including phenoxy) is 2. The van der Waals surface area contributed by atoms with Crippen molar-refractivity contribution >= 4 is 72.4 Å². The van der Waals surface area contributed by atoms with Gasteiger partial charge in [-0.25, -0.2) is 0 Å². The first-order valence-corrected chi connectivity index (χ1v) is 11.8. The molecule has 0 aliphatic carbocycles. The van der Waals surface area contributed by atoms with Gasteiger partial charge in [0, 0.05) is 30.8 Å². The summed E-state index contributed by atoms with van der Waals surface area (Å²) in [4.78, 5) is 26.3. The van der Waals surface area contributed by atoms with Crippen molar-refractivity contribution in [2.24, 2.45) is 0 Å². The zero-order valence-corrected chi connectivity index (χ0v) is 20.7. The number of imide groups is 1. The van der Waals surface area contributed by atoms with E-state index in [0.717, 1.165) is 31.8 Å². The standard InChI is InChI=1S/C21H18Br2ClNO4S/c1-28-8-4-7-25-20(26)18(30-21(25)27)11-13-9-15(22)19(16(23)10-13)29-12-14-5-2-3-6-17(14)24/h2-3,5-6,9-11H,4,7-8,12H2,1H3/b18-11+. The van der Waals surface area contributed by atoms with Gasteiger partial charge in [0.2, 0.25) is 0 Å². The number of hydrogen-bond acceptors (Lipinski definition) is 5. The van der Waals surface area contributed by atoms with Crippen LogP contribution < -0.4 is 4.74 Å². The molecular formula is C21H18Br2ClNO4S. The molecule has 0 bridgehead atoms. The van der Waals surface area contributed by atoms with Crippen LogP contribution >= 0.6 is 55.2 Å². The highest BCUT2D eigenvalue weighted by Gasteiger charge is 2.34. The number of nitrogens with zero attached hydrogens (tertiary/aromatic N) is 1. The van der Waals surface area contributed by atoms with Crippen LogP contribution in [-0.4, -0.2) is 36.3 Å². The van der Waals surface area contributed by atoms with E-state index >= 15 is 0 Å². The van der Waals surface area contributed by atoms with Gasteiger partial charge in [0.15, 0.2) is 0 Å². The summed E-state index contributed by atoms with van der Waals surface area (Å²) in [5.74, 6) is 0.340. The second-order valence-corrected chi connectivity index (χ2v) is 9.48. The van der Waals surface area contributed by atoms with Crippen molar-refractivity contribution in [1.29, 1.82) is 0 Å². The fourth-order valence-electron chi connectivity index (χ4n) is 2.78. The fraction of sp³-hybridized carbons (Fsp3) is 0.238. The van der Waals surface area contributed by atoms with E-state index in [1.165, 1.54) is 4.90 Å². The SMILES string of the molecule is COCCCN1C(=O)S/C(=C/c2cc(Br)c(OCc3ccccc3Cl)c(Br)c2)C1=O. The normalized spacial score (nSPS) is 15.3. The van der Waals surface area contributed by atoms with Crippen molar-refractivity contribution in [3.8, 4) is 5.75 Å². The Morgan fingerprint density at radius 1 is 1.17 bits per heavy atom. The largest absolute Gasteiger partial charge is 0.486 e. The molecule has 0 aromatic heterocycles. The average Bonchev–Trinajstić information content (AvgIpc) is 2.96. The van der Waals surface area contributed by atoms with Gasteiger partial charge >= 0.3 is 0 Å². The average molecular weight is 576 g/mol. The molecule has 30 heavy (non-hydrogen) atoms. The van der Waals surface area contributed by atoms with Crippen LogP contribution in [0.1, 0.15) is 17.5 Å². The summed E-state index contributed by atoms with van der Waals surface area (Å²) in [6, 6.07) is 11.2. The summed E-state index contributed by atoms with van der Waals surface area (Å²) >= 11 is 14.2. The molecule has 3 rings (SSSR count). The number of halogens is 3. The predicted octanol–water partition coefficient (Wildman–Crippen LogP) is 6.52. The Hall–Kier alpha value is -1.32. The highest BCUT2D eigenvalue weighted by atomic mass is 79.9. The molecule has 158 valence electrons. The molecule has 1 aliphatic heterocycles. The second kappa shape index (κ2) is 10.8. The molecule has 5 nitrogen and oxygen atoms in total. The molecule has 2 aromatic rings. The van der Waals surface area contributed by atoms with Crippen LogP contribution in [0.5, 0.6) is 5.75 Å². The number of carbonyl (C=O) groups is 2. The van der Waals surface area contributed by atoms with Crippen LogP contribution in [0.25, 0.3) is 6.08 Å². The lowest BCUT2D eigenvalue weighted by Gasteiger charge is -2.12. The van der Waals surface area contributed by atoms with Crippen LogP contribution in [0.15, 0.2) is 50.2 Å². The smallest absolute Gasteiger partial charge is 0.293 e. The van der Waals surface area contributed by atoms with Gasteiger partial charge in [0.25, 0.3) is 11.1 Å². The Morgan fingerprint density at radius 2 is 1.87 bits per heavy atom. The van der Waals surface area contributed by atoms with E-state index in [2.05, 4.69) is 31.9 Å². The van der Waals surface area contributed by atoms with Gasteiger partial charge in [-0.1, -0.05) is 29.8 Å². The molecule has 2 aromatic carbocycles. The molecule has 1 aliphatic rings. The highest BCUT2D eigenvalue weighted by Crippen LogP contribution is 2.38. The van der Waals surface area contributed by atoms with Gasteiger partial charge in [-0.05, 0) is 79.9 Å². The fourth-order valence-corrected chi connectivity index (χ4v) is 5.28. The van der Waals surface area contributed by atoms with Gasteiger partial charge in [0.05, 0.1) is 13.9 Å². The molecule has 0 saturated carbocycles. The lowest BCUT2D eigenvalue weighted by atomic mass is 10.2. The van der Waals surface area contributed by atoms with Crippen LogP contribution in [0.3, 0.4) is 0 Å². The molecule has 9 heteroatoms. The zero-order chi connectivity index (χ0) is 21.7. The van der Waals surface area contributed by atoms with Crippen LogP contribution in [0.4, 0.5) is 4.79 Å². The van der Waals surface area contributed by atoms with Crippen molar-refractivity contribution in [3.63, 3.8) is 0 Å². The minimum absolute atomic E-state index is 0.264. The Morgan fingerprint density at radius 3 is 2.53 bits per heavy atom. The molecule has 0 N–H and O–H groups in total. The highest BCUT2D eigenvalue weighted by molar-refractivity contribution is 9.11. The maximum atomic E-state index is 12.6. The van der Waals surface area contributed by atoms with Gasteiger partial charge in [0.1, 0.15) is 12.4 Å². The number of methoxy groups -OCH3 is 1. The van der Waals surface area contributed by atoms with E-state index in [-0.39, 0.29) is 11.1 Å². The molecule has 2 amide bonds. The second-order valence-electron chi connectivity index (χ2n) is 6.37. The number of benzene rings is 2. The van der Waals surface area contributed by atoms with Gasteiger partial charge in [-0.2, -0.15) is 0 Å². The Labute approximate surface area is 201 Å². The number of rotatable bonds is 8. The molecule has 1 saturated heterocycles. The molecule has 1 fully saturated rings. The van der Waals surface area contributed by atoms with E-state index in [4.69, 9.17) is 21.1 Å². The minimum Gasteiger partial charge on any atom is -0.486 e. The Balaban J connectivity index is 1.74. The lowest BCUT2D eigenvalue weighted by Crippen LogP contribution is -2.29. The first-order chi connectivity index (χ1) is 14.4. The Kier molecular flexibility index (Phi) is 8.42. The number of thioether (sulfide) groups is 1. The molecular weight excluding hydrogens is 558 g/mol. The number of amides is 2. The third kappa shape index (κ3) is 5.68. The van der Waals surface area contributed by atoms with E-state index < -0.39 is 0 Å². The van der Waals surface area contributed by atoms with Crippen molar-refractivity contribution in [2.75, 3.05) is 20.3 Å². The predicted molar refractivity (Wildman–Crippen MR) is 127 cm³/mol. The van der Waals surface area contributed by atoms with Crippen molar-refractivity contribution in [2.45, 2.75) is 13.0 Å². The summed E-state index contributed by atoms with van der Waals surface area (Å²) in [5.41, 5.74) is 1.64. The summed E-state index contributed by atoms with van der Waals surface area (Å²) < 4.78 is 12.3. The number of carbonyl (C=O) groups excluding carboxylic acids is 2. The molecule has 0 spiro atoms. The maximum Gasteiger partial charge on any atom is 0.293 e. The van der Waals surface area contributed by atoms with E-state index in [0.29, 0.717) is 41.9 Å². The van der Waals surface area contributed by atoms with Crippen LogP contribution in [0.2, 0.25) is 5.02 Å². The molecule has 0 atom stereocenters. The molecule has 1 heterocycles. The van der Waals surface area contributed by atoms with Gasteiger partial charge in [-0.3, -0.25) is 14.5 Å². The zero-order valence-electron chi connectivity index (χ0n) is 16.0. The Bertz CT molecular complexity index is 976. The summed E-state index contributed by atoms with van der Waals surface area (Å²) in [6.07, 6.45) is 2.31. The van der Waals surface area contributed by atoms with Crippen LogP contribution in [-0.2, 0) is 16.1 Å². The number of hydrogen-bond donors (Lipinski definition) is 0. The van der Waals surface area contributed by atoms with Crippen LogP contribution in [0, 0.1) is 0 Å². The topological polar surface area (TPSA) is 55.8 Å². The van der Waals surface area contributed by atoms with Crippen molar-refractivity contribution in [1.82, 2.24) is 4.90 Å².